The molecule has 2 aromatic carbocycles. The van der Waals surface area contributed by atoms with E-state index in [1.165, 1.54) is 7.11 Å². The summed E-state index contributed by atoms with van der Waals surface area (Å²) < 4.78 is 5.16. The zero-order valence-corrected chi connectivity index (χ0v) is 14.8. The second-order valence-corrected chi connectivity index (χ2v) is 6.17. The fraction of sp³-hybridized carbons (Fsp3) is 0.143. The maximum absolute atomic E-state index is 13.1. The minimum atomic E-state index is -1.57. The van der Waals surface area contributed by atoms with E-state index in [1.807, 2.05) is 36.4 Å². The molecule has 0 saturated heterocycles. The summed E-state index contributed by atoms with van der Waals surface area (Å²) in [4.78, 5) is 25.6. The lowest BCUT2D eigenvalue weighted by Crippen LogP contribution is -2.47. The van der Waals surface area contributed by atoms with E-state index >= 15 is 0 Å². The predicted molar refractivity (Wildman–Crippen MR) is 102 cm³/mol. The maximum Gasteiger partial charge on any atom is 0.263 e. The minimum Gasteiger partial charge on any atom is -0.497 e. The lowest BCUT2D eigenvalue weighted by Gasteiger charge is -2.29. The molecule has 0 saturated carbocycles. The number of allylic oxidation sites excluding steroid dienone is 3. The van der Waals surface area contributed by atoms with Gasteiger partial charge in [-0.15, -0.1) is 0 Å². The molecule has 0 radical (unpaired) electrons. The van der Waals surface area contributed by atoms with Gasteiger partial charge in [-0.25, -0.2) is 5.48 Å². The van der Waals surface area contributed by atoms with Crippen molar-refractivity contribution in [1.29, 1.82) is 0 Å². The Morgan fingerprint density at radius 1 is 1.07 bits per heavy atom. The molecule has 6 nitrogen and oxygen atoms in total. The van der Waals surface area contributed by atoms with Gasteiger partial charge in [-0.2, -0.15) is 0 Å². The number of hydroxylamine groups is 1. The fourth-order valence-electron chi connectivity index (χ4n) is 3.02. The number of hydrogen-bond donors (Lipinski definition) is 3. The van der Waals surface area contributed by atoms with Gasteiger partial charge in [0.05, 0.1) is 7.11 Å². The summed E-state index contributed by atoms with van der Waals surface area (Å²) in [7, 11) is 1.53. The monoisotopic (exact) mass is 364 g/mol. The average Bonchev–Trinajstić information content (AvgIpc) is 2.73. The summed E-state index contributed by atoms with van der Waals surface area (Å²) in [5.74, 6) is -0.752. The Bertz CT molecular complexity index is 905. The molecule has 0 fully saturated rings. The van der Waals surface area contributed by atoms with Crippen molar-refractivity contribution in [2.75, 3.05) is 12.4 Å². The number of amides is 2. The third-order valence-corrected chi connectivity index (χ3v) is 4.49. The first-order valence-corrected chi connectivity index (χ1v) is 8.44. The van der Waals surface area contributed by atoms with Crippen LogP contribution in [0.1, 0.15) is 12.0 Å². The number of carbonyl (C=O) groups is 2. The van der Waals surface area contributed by atoms with Crippen LogP contribution >= 0.6 is 0 Å². The molecule has 27 heavy (non-hydrogen) atoms. The third kappa shape index (κ3) is 3.75. The van der Waals surface area contributed by atoms with Crippen molar-refractivity contribution in [2.45, 2.75) is 6.42 Å². The Hall–Kier alpha value is -3.38. The van der Waals surface area contributed by atoms with E-state index < -0.39 is 17.2 Å². The quantitative estimate of drug-likeness (QED) is 0.432. The van der Waals surface area contributed by atoms with Gasteiger partial charge in [0.15, 0.2) is 5.41 Å². The van der Waals surface area contributed by atoms with Crippen LogP contribution in [0.4, 0.5) is 5.69 Å². The summed E-state index contributed by atoms with van der Waals surface area (Å²) in [6.07, 6.45) is 5.33. The number of rotatable bonds is 5. The van der Waals surface area contributed by atoms with Crippen molar-refractivity contribution in [1.82, 2.24) is 5.48 Å². The summed E-state index contributed by atoms with van der Waals surface area (Å²) in [5, 5.41) is 12.0. The molecule has 138 valence electrons. The largest absolute Gasteiger partial charge is 0.497 e. The van der Waals surface area contributed by atoms with Crippen molar-refractivity contribution in [3.05, 3.63) is 78.4 Å². The van der Waals surface area contributed by atoms with Crippen LogP contribution in [0.15, 0.2) is 72.8 Å². The van der Waals surface area contributed by atoms with E-state index in [2.05, 4.69) is 5.32 Å². The van der Waals surface area contributed by atoms with Crippen LogP contribution in [0.3, 0.4) is 0 Å². The van der Waals surface area contributed by atoms with Gasteiger partial charge in [-0.05, 0) is 29.7 Å². The highest BCUT2D eigenvalue weighted by atomic mass is 16.5. The van der Waals surface area contributed by atoms with Gasteiger partial charge in [0.1, 0.15) is 5.75 Å². The molecule has 0 heterocycles. The minimum absolute atomic E-state index is 0.130. The number of methoxy groups -OCH3 is 1. The molecular formula is C21H20N2O4. The Kier molecular flexibility index (Phi) is 5.38. The highest BCUT2D eigenvalue weighted by molar-refractivity contribution is 6.13. The number of anilines is 1. The molecule has 3 rings (SSSR count). The van der Waals surface area contributed by atoms with Crippen LogP contribution in [0, 0.1) is 5.41 Å². The van der Waals surface area contributed by atoms with Gasteiger partial charge in [-0.1, -0.05) is 54.6 Å². The molecule has 1 aliphatic rings. The van der Waals surface area contributed by atoms with Gasteiger partial charge in [0.25, 0.3) is 5.91 Å². The van der Waals surface area contributed by atoms with Crippen molar-refractivity contribution in [3.63, 3.8) is 0 Å². The van der Waals surface area contributed by atoms with E-state index in [1.54, 1.807) is 41.9 Å². The average molecular weight is 364 g/mol. The smallest absolute Gasteiger partial charge is 0.263 e. The summed E-state index contributed by atoms with van der Waals surface area (Å²) in [5.41, 5.74) is 2.16. The van der Waals surface area contributed by atoms with Crippen LogP contribution in [-0.2, 0) is 9.59 Å². The van der Waals surface area contributed by atoms with Gasteiger partial charge >= 0.3 is 0 Å². The number of nitrogens with one attached hydrogen (secondary N) is 2. The predicted octanol–water partition coefficient (Wildman–Crippen LogP) is 3.17. The van der Waals surface area contributed by atoms with Crippen molar-refractivity contribution < 1.29 is 19.5 Å². The molecule has 1 atom stereocenters. The lowest BCUT2D eigenvalue weighted by atomic mass is 9.76. The Labute approximate surface area is 157 Å². The normalized spacial score (nSPS) is 18.4. The molecule has 2 amide bonds. The third-order valence-electron chi connectivity index (χ3n) is 4.49. The molecule has 0 spiro atoms. The van der Waals surface area contributed by atoms with Crippen LogP contribution < -0.4 is 15.5 Å². The first kappa shape index (κ1) is 18.4. The first-order valence-electron chi connectivity index (χ1n) is 8.44. The number of hydrogen-bond acceptors (Lipinski definition) is 4. The van der Waals surface area contributed by atoms with Crippen LogP contribution in [0.25, 0.3) is 5.57 Å². The summed E-state index contributed by atoms with van der Waals surface area (Å²) in [6, 6.07) is 16.3. The van der Waals surface area contributed by atoms with E-state index in [-0.39, 0.29) is 6.42 Å². The van der Waals surface area contributed by atoms with Gasteiger partial charge in [0, 0.05) is 11.8 Å². The van der Waals surface area contributed by atoms with Crippen LogP contribution in [-0.4, -0.2) is 24.1 Å². The van der Waals surface area contributed by atoms with E-state index in [9.17, 15) is 14.8 Å². The number of benzene rings is 2. The molecule has 2 aromatic rings. The van der Waals surface area contributed by atoms with Crippen LogP contribution in [0.2, 0.25) is 0 Å². The Balaban J connectivity index is 1.97. The molecule has 0 aliphatic heterocycles. The summed E-state index contributed by atoms with van der Waals surface area (Å²) >= 11 is 0. The van der Waals surface area contributed by atoms with Gasteiger partial charge < -0.3 is 10.1 Å². The van der Waals surface area contributed by atoms with E-state index in [4.69, 9.17) is 4.74 Å². The highest BCUT2D eigenvalue weighted by Gasteiger charge is 2.44. The Morgan fingerprint density at radius 3 is 2.56 bits per heavy atom. The van der Waals surface area contributed by atoms with Crippen molar-refractivity contribution in [3.8, 4) is 5.75 Å². The van der Waals surface area contributed by atoms with Crippen molar-refractivity contribution >= 4 is 23.1 Å². The van der Waals surface area contributed by atoms with E-state index in [0.717, 1.165) is 11.1 Å². The fourth-order valence-corrected chi connectivity index (χ4v) is 3.02. The molecule has 6 heteroatoms. The van der Waals surface area contributed by atoms with E-state index in [0.29, 0.717) is 11.4 Å². The molecular weight excluding hydrogens is 344 g/mol. The first-order chi connectivity index (χ1) is 13.1. The maximum atomic E-state index is 13.1. The highest BCUT2D eigenvalue weighted by Crippen LogP contribution is 2.36. The topological polar surface area (TPSA) is 87.7 Å². The standard InChI is InChI=1S/C21H20N2O4/c1-27-18-11-5-10-17(13-18)22-19(24)21(20(25)23-26)12-6-9-16(14-21)15-7-3-2-4-8-15/h2-11,13-14,26H,12H2,1H3,(H,22,24)(H,23,25). The SMILES string of the molecule is COc1cccc(NC(=O)C2(C(=O)NO)C=C(c3ccccc3)C=CC2)c1. The van der Waals surface area contributed by atoms with Gasteiger partial charge in [-0.3, -0.25) is 14.8 Å². The molecule has 0 aromatic heterocycles. The van der Waals surface area contributed by atoms with Crippen molar-refractivity contribution in [2.24, 2.45) is 5.41 Å². The number of ether oxygens (including phenoxy) is 1. The molecule has 1 aliphatic carbocycles. The molecule has 1 unspecified atom stereocenters. The molecule has 0 bridgehead atoms. The summed E-state index contributed by atoms with van der Waals surface area (Å²) in [6.45, 7) is 0. The second-order valence-electron chi connectivity index (χ2n) is 6.17. The zero-order chi connectivity index (χ0) is 19.3. The Morgan fingerprint density at radius 2 is 1.85 bits per heavy atom. The van der Waals surface area contributed by atoms with Crippen LogP contribution in [0.5, 0.6) is 5.75 Å². The zero-order valence-electron chi connectivity index (χ0n) is 14.8. The molecule has 3 N–H and O–H groups in total. The lowest BCUT2D eigenvalue weighted by molar-refractivity contribution is -0.143. The number of carbonyl (C=O) groups excluding carboxylic acids is 2. The van der Waals surface area contributed by atoms with Gasteiger partial charge in [0.2, 0.25) is 5.91 Å². The second kappa shape index (κ2) is 7.88.